The summed E-state index contributed by atoms with van der Waals surface area (Å²) in [6, 6.07) is 19.2. The van der Waals surface area contributed by atoms with Gasteiger partial charge in [-0.2, -0.15) is 5.06 Å². The zero-order valence-corrected chi connectivity index (χ0v) is 26.5. The van der Waals surface area contributed by atoms with Gasteiger partial charge in [-0.25, -0.2) is 9.18 Å². The topological polar surface area (TPSA) is 96.8 Å². The number of hydrogen-bond donors (Lipinski definition) is 2. The molecule has 0 amide bonds. The van der Waals surface area contributed by atoms with Crippen molar-refractivity contribution in [2.75, 3.05) is 13.2 Å². The van der Waals surface area contributed by atoms with Crippen LogP contribution in [0.2, 0.25) is 5.04 Å². The van der Waals surface area contributed by atoms with E-state index in [0.717, 1.165) is 45.7 Å². The summed E-state index contributed by atoms with van der Waals surface area (Å²) in [5.74, 6) is 0.251. The number of alkyl halides is 1. The first-order chi connectivity index (χ1) is 20.5. The maximum Gasteiger partial charge on any atom is 0.330 e. The highest BCUT2D eigenvalue weighted by Gasteiger charge is 2.54. The lowest BCUT2D eigenvalue weighted by atomic mass is 9.89. The number of rotatable bonds is 9. The molecule has 0 unspecified atom stereocenters. The Hall–Kier alpha value is -2.89. The molecule has 1 saturated carbocycles. The number of halogens is 1. The fraction of sp³-hybridized carbons (Fsp3) is 0.515. The largest absolute Gasteiger partial charge is 0.405 e. The Balaban J connectivity index is 1.52. The van der Waals surface area contributed by atoms with E-state index in [9.17, 15) is 14.8 Å². The van der Waals surface area contributed by atoms with Crippen molar-refractivity contribution in [3.05, 3.63) is 93.3 Å². The molecule has 4 atom stereocenters. The molecule has 0 radical (unpaired) electrons. The second-order valence-corrected chi connectivity index (χ2v) is 17.4. The van der Waals surface area contributed by atoms with Crippen molar-refractivity contribution in [1.82, 2.24) is 14.6 Å². The van der Waals surface area contributed by atoms with E-state index in [0.29, 0.717) is 6.54 Å². The summed E-state index contributed by atoms with van der Waals surface area (Å²) < 4.78 is 31.0. The number of aromatic amines is 1. The van der Waals surface area contributed by atoms with Crippen LogP contribution in [-0.2, 0) is 9.16 Å². The maximum absolute atomic E-state index is 16.5. The summed E-state index contributed by atoms with van der Waals surface area (Å²) in [5.41, 5.74) is -1.02. The number of nitrogens with zero attached hydrogens (tertiary/aromatic N) is 2. The van der Waals surface area contributed by atoms with E-state index in [1.807, 2.05) is 36.4 Å². The number of aryl methyl sites for hydroxylation is 1. The Morgan fingerprint density at radius 1 is 1.02 bits per heavy atom. The predicted molar refractivity (Wildman–Crippen MR) is 167 cm³/mol. The van der Waals surface area contributed by atoms with Gasteiger partial charge in [0, 0.05) is 18.3 Å². The van der Waals surface area contributed by atoms with Gasteiger partial charge in [0.1, 0.15) is 6.10 Å². The summed E-state index contributed by atoms with van der Waals surface area (Å²) in [6.45, 7) is 8.37. The number of hydroxylamine groups is 2. The van der Waals surface area contributed by atoms with Gasteiger partial charge in [0.15, 0.2) is 12.4 Å². The Labute approximate surface area is 253 Å². The lowest BCUT2D eigenvalue weighted by Crippen LogP contribution is -2.67. The predicted octanol–water partition coefficient (Wildman–Crippen LogP) is 4.30. The minimum atomic E-state index is -2.99. The lowest BCUT2D eigenvalue weighted by molar-refractivity contribution is -0.163. The first kappa shape index (κ1) is 31.5. The van der Waals surface area contributed by atoms with Gasteiger partial charge in [0.05, 0.1) is 12.6 Å². The fourth-order valence-corrected chi connectivity index (χ4v) is 11.5. The van der Waals surface area contributed by atoms with Gasteiger partial charge >= 0.3 is 5.69 Å². The Morgan fingerprint density at radius 3 is 2.16 bits per heavy atom. The smallest absolute Gasteiger partial charge is 0.330 e. The molecule has 2 N–H and O–H groups in total. The van der Waals surface area contributed by atoms with Crippen molar-refractivity contribution in [2.45, 2.75) is 89.4 Å². The monoisotopic (exact) mass is 609 g/mol. The van der Waals surface area contributed by atoms with Crippen LogP contribution in [-0.4, -0.2) is 59.6 Å². The van der Waals surface area contributed by atoms with Crippen LogP contribution >= 0.6 is 0 Å². The van der Waals surface area contributed by atoms with Gasteiger partial charge in [0.25, 0.3) is 13.9 Å². The van der Waals surface area contributed by atoms with Crippen molar-refractivity contribution in [2.24, 2.45) is 5.92 Å². The van der Waals surface area contributed by atoms with Gasteiger partial charge in [-0.05, 0) is 41.1 Å². The minimum absolute atomic E-state index is 0.00762. The molecule has 1 saturated heterocycles. The third kappa shape index (κ3) is 6.35. The molecular formula is C33H44FN3O5Si. The van der Waals surface area contributed by atoms with Gasteiger partial charge in [-0.3, -0.25) is 14.3 Å². The standard InChI is InChI=1S/C33H44FN3O5Si/c1-23-20-36(32(39)35-30(23)38)31-28(34)29(37(40)21-24-14-8-5-9-15-24)27(42-31)22-41-43(33(2,3)4,25-16-10-6-11-17-25)26-18-12-7-13-19-26/h6-7,10-13,16-20,24,27-29,31,40H,5,8-9,14-15,21-22H2,1-4H3,(H,35,38,39)/t27-,28+,29-,31+/m1/s1. The Bertz CT molecular complexity index is 1430. The molecule has 0 bridgehead atoms. The molecule has 2 aromatic carbocycles. The van der Waals surface area contributed by atoms with Crippen LogP contribution in [0.25, 0.3) is 0 Å². The summed E-state index contributed by atoms with van der Waals surface area (Å²) in [6.07, 6.45) is 2.68. The molecule has 2 heterocycles. The van der Waals surface area contributed by atoms with Gasteiger partial charge in [-0.1, -0.05) is 101 Å². The fourth-order valence-electron chi connectivity index (χ4n) is 6.92. The van der Waals surface area contributed by atoms with E-state index < -0.39 is 44.1 Å². The molecule has 1 aromatic heterocycles. The first-order valence-electron chi connectivity index (χ1n) is 15.3. The third-order valence-corrected chi connectivity index (χ3v) is 14.1. The van der Waals surface area contributed by atoms with Gasteiger partial charge in [-0.15, -0.1) is 0 Å². The van der Waals surface area contributed by atoms with E-state index >= 15 is 4.39 Å². The molecule has 43 heavy (non-hydrogen) atoms. The molecule has 2 aliphatic rings. The number of aromatic nitrogens is 2. The maximum atomic E-state index is 16.5. The highest BCUT2D eigenvalue weighted by Crippen LogP contribution is 2.40. The second-order valence-electron chi connectivity index (χ2n) is 13.1. The molecule has 232 valence electrons. The Morgan fingerprint density at radius 2 is 1.60 bits per heavy atom. The van der Waals surface area contributed by atoms with E-state index in [1.165, 1.54) is 12.6 Å². The second kappa shape index (κ2) is 13.0. The lowest BCUT2D eigenvalue weighted by Gasteiger charge is -2.44. The SMILES string of the molecule is Cc1cn([C@H]2O[C@H](CO[Si](c3ccccc3)(c3ccccc3)C(C)(C)C)[C@@H](N(O)CC3CCCCC3)[C@@H]2F)c(=O)[nH]c1=O. The first-order valence-corrected chi connectivity index (χ1v) is 17.3. The van der Waals surface area contributed by atoms with E-state index in [2.05, 4.69) is 50.0 Å². The number of hydrogen-bond acceptors (Lipinski definition) is 6. The number of nitrogens with one attached hydrogen (secondary N) is 1. The zero-order chi connectivity index (χ0) is 30.8. The zero-order valence-electron chi connectivity index (χ0n) is 25.5. The van der Waals surface area contributed by atoms with Crippen molar-refractivity contribution in [3.8, 4) is 0 Å². The average molecular weight is 610 g/mol. The molecule has 3 aromatic rings. The minimum Gasteiger partial charge on any atom is -0.405 e. The Kier molecular flexibility index (Phi) is 9.53. The van der Waals surface area contributed by atoms with Crippen molar-refractivity contribution in [3.63, 3.8) is 0 Å². The van der Waals surface area contributed by atoms with Crippen LogP contribution in [0.5, 0.6) is 0 Å². The molecular weight excluding hydrogens is 565 g/mol. The van der Waals surface area contributed by atoms with E-state index in [-0.39, 0.29) is 23.1 Å². The molecule has 8 nitrogen and oxygen atoms in total. The van der Waals surface area contributed by atoms with Crippen molar-refractivity contribution >= 4 is 18.7 Å². The van der Waals surface area contributed by atoms with Crippen LogP contribution in [0.1, 0.15) is 64.7 Å². The normalized spacial score (nSPS) is 23.6. The molecule has 5 rings (SSSR count). The summed E-state index contributed by atoms with van der Waals surface area (Å²) in [4.78, 5) is 27.1. The third-order valence-electron chi connectivity index (χ3n) is 9.11. The van der Waals surface area contributed by atoms with Gasteiger partial charge in [0.2, 0.25) is 0 Å². The van der Waals surface area contributed by atoms with Crippen LogP contribution in [0.15, 0.2) is 76.4 Å². The number of benzene rings is 2. The van der Waals surface area contributed by atoms with Crippen LogP contribution in [0, 0.1) is 12.8 Å². The highest BCUT2D eigenvalue weighted by atomic mass is 28.4. The molecule has 1 aliphatic heterocycles. The molecule has 1 aliphatic carbocycles. The number of H-pyrrole nitrogens is 1. The van der Waals surface area contributed by atoms with Crippen molar-refractivity contribution < 1.29 is 18.8 Å². The molecule has 10 heteroatoms. The van der Waals surface area contributed by atoms with Crippen LogP contribution < -0.4 is 21.6 Å². The number of ether oxygens (including phenoxy) is 1. The summed E-state index contributed by atoms with van der Waals surface area (Å²) in [5, 5.41) is 14.3. The molecule has 0 spiro atoms. The van der Waals surface area contributed by atoms with Crippen molar-refractivity contribution in [1.29, 1.82) is 0 Å². The van der Waals surface area contributed by atoms with Gasteiger partial charge < -0.3 is 14.4 Å². The molecule has 2 fully saturated rings. The van der Waals surface area contributed by atoms with E-state index in [4.69, 9.17) is 9.16 Å². The van der Waals surface area contributed by atoms with Crippen LogP contribution in [0.4, 0.5) is 4.39 Å². The summed E-state index contributed by atoms with van der Waals surface area (Å²) >= 11 is 0. The van der Waals surface area contributed by atoms with E-state index in [1.54, 1.807) is 6.92 Å². The summed E-state index contributed by atoms with van der Waals surface area (Å²) in [7, 11) is -2.99. The quantitative estimate of drug-likeness (QED) is 0.278. The average Bonchev–Trinajstić information content (AvgIpc) is 3.32. The van der Waals surface area contributed by atoms with Crippen LogP contribution in [0.3, 0.4) is 0 Å². The highest BCUT2D eigenvalue weighted by molar-refractivity contribution is 6.99.